The molecule has 1 amide bonds. The Morgan fingerprint density at radius 1 is 1.15 bits per heavy atom. The van der Waals surface area contributed by atoms with E-state index in [4.69, 9.17) is 0 Å². The maximum Gasteiger partial charge on any atom is 0.434 e. The number of halogens is 3. The summed E-state index contributed by atoms with van der Waals surface area (Å²) in [6.45, 7) is 1.37. The van der Waals surface area contributed by atoms with Crippen molar-refractivity contribution in [2.24, 2.45) is 0 Å². The number of nitrogens with one attached hydrogen (secondary N) is 1. The van der Waals surface area contributed by atoms with E-state index in [1.165, 1.54) is 13.1 Å². The average molecular weight is 281 g/mol. The highest BCUT2D eigenvalue weighted by molar-refractivity contribution is 5.88. The zero-order valence-corrected chi connectivity index (χ0v) is 10.4. The number of aromatic nitrogens is 2. The maximum atomic E-state index is 12.5. The van der Waals surface area contributed by atoms with Crippen LogP contribution in [0.25, 0.3) is 11.3 Å². The molecule has 1 heterocycles. The third-order valence-corrected chi connectivity index (χ3v) is 2.43. The molecule has 0 aliphatic carbocycles. The van der Waals surface area contributed by atoms with Gasteiger partial charge in [0.2, 0.25) is 5.91 Å². The van der Waals surface area contributed by atoms with Crippen LogP contribution in [0.3, 0.4) is 0 Å². The Morgan fingerprint density at radius 2 is 1.80 bits per heavy atom. The normalized spacial score (nSPS) is 11.2. The lowest BCUT2D eigenvalue weighted by Crippen LogP contribution is -2.09. The van der Waals surface area contributed by atoms with Crippen LogP contribution in [0.1, 0.15) is 12.6 Å². The van der Waals surface area contributed by atoms with Crippen LogP contribution in [0.5, 0.6) is 0 Å². The molecule has 1 N–H and O–H groups in total. The molecule has 4 nitrogen and oxygen atoms in total. The lowest BCUT2D eigenvalue weighted by atomic mass is 10.1. The van der Waals surface area contributed by atoms with Crippen molar-refractivity contribution in [2.45, 2.75) is 13.1 Å². The molecule has 20 heavy (non-hydrogen) atoms. The second-order valence-corrected chi connectivity index (χ2v) is 4.05. The van der Waals surface area contributed by atoms with Crippen molar-refractivity contribution in [2.75, 3.05) is 5.32 Å². The minimum absolute atomic E-state index is 0.120. The van der Waals surface area contributed by atoms with Crippen molar-refractivity contribution in [1.82, 2.24) is 9.97 Å². The molecule has 0 atom stereocenters. The van der Waals surface area contributed by atoms with Crippen molar-refractivity contribution >= 4 is 11.6 Å². The molecule has 0 spiro atoms. The number of hydrogen-bond acceptors (Lipinski definition) is 3. The summed E-state index contributed by atoms with van der Waals surface area (Å²) in [4.78, 5) is 17.9. The van der Waals surface area contributed by atoms with E-state index in [1.54, 1.807) is 24.3 Å². The number of rotatable bonds is 2. The van der Waals surface area contributed by atoms with Gasteiger partial charge in [0.05, 0.1) is 18.1 Å². The molecular weight excluding hydrogens is 271 g/mol. The van der Waals surface area contributed by atoms with E-state index >= 15 is 0 Å². The molecular formula is C13H10F3N3O. The van der Waals surface area contributed by atoms with Crippen LogP contribution in [0, 0.1) is 0 Å². The highest BCUT2D eigenvalue weighted by atomic mass is 19.4. The van der Waals surface area contributed by atoms with E-state index < -0.39 is 11.9 Å². The first-order valence-electron chi connectivity index (χ1n) is 5.63. The van der Waals surface area contributed by atoms with Crippen molar-refractivity contribution in [3.05, 3.63) is 42.4 Å². The van der Waals surface area contributed by atoms with Gasteiger partial charge >= 0.3 is 6.18 Å². The van der Waals surface area contributed by atoms with E-state index in [0.29, 0.717) is 17.4 Å². The van der Waals surface area contributed by atoms with Crippen LogP contribution in [-0.4, -0.2) is 15.9 Å². The highest BCUT2D eigenvalue weighted by Crippen LogP contribution is 2.28. The van der Waals surface area contributed by atoms with Crippen molar-refractivity contribution in [1.29, 1.82) is 0 Å². The van der Waals surface area contributed by atoms with Gasteiger partial charge in [-0.2, -0.15) is 13.2 Å². The molecule has 2 aromatic rings. The summed E-state index contributed by atoms with van der Waals surface area (Å²) in [5.41, 5.74) is 0.119. The van der Waals surface area contributed by atoms with Crippen LogP contribution < -0.4 is 5.32 Å². The molecule has 0 bridgehead atoms. The fourth-order valence-corrected chi connectivity index (χ4v) is 1.57. The summed E-state index contributed by atoms with van der Waals surface area (Å²) >= 11 is 0. The first kappa shape index (κ1) is 14.0. The Morgan fingerprint density at radius 3 is 2.35 bits per heavy atom. The van der Waals surface area contributed by atoms with E-state index in [9.17, 15) is 18.0 Å². The predicted octanol–water partition coefficient (Wildman–Crippen LogP) is 3.12. The summed E-state index contributed by atoms with van der Waals surface area (Å²) in [7, 11) is 0. The number of nitrogens with zero attached hydrogens (tertiary/aromatic N) is 2. The third kappa shape index (κ3) is 3.31. The largest absolute Gasteiger partial charge is 0.434 e. The van der Waals surface area contributed by atoms with Crippen LogP contribution in [0.15, 0.2) is 36.7 Å². The SMILES string of the molecule is CC(=O)Nc1ccc(-c2cncc(C(F)(F)F)n2)cc1. The van der Waals surface area contributed by atoms with Crippen LogP contribution in [-0.2, 0) is 11.0 Å². The molecule has 1 aromatic heterocycles. The zero-order chi connectivity index (χ0) is 14.8. The van der Waals surface area contributed by atoms with Crippen molar-refractivity contribution in [3.63, 3.8) is 0 Å². The Labute approximate surface area is 112 Å². The number of alkyl halides is 3. The van der Waals surface area contributed by atoms with E-state index in [1.807, 2.05) is 0 Å². The monoisotopic (exact) mass is 281 g/mol. The first-order valence-corrected chi connectivity index (χ1v) is 5.63. The van der Waals surface area contributed by atoms with Crippen molar-refractivity contribution in [3.8, 4) is 11.3 Å². The molecule has 7 heteroatoms. The van der Waals surface area contributed by atoms with E-state index in [-0.39, 0.29) is 11.6 Å². The van der Waals surface area contributed by atoms with Gasteiger partial charge in [0.25, 0.3) is 0 Å². The van der Waals surface area contributed by atoms with Gasteiger partial charge in [0, 0.05) is 18.2 Å². The number of amides is 1. The number of carbonyl (C=O) groups is 1. The highest BCUT2D eigenvalue weighted by Gasteiger charge is 2.33. The zero-order valence-electron chi connectivity index (χ0n) is 10.4. The van der Waals surface area contributed by atoms with Gasteiger partial charge in [-0.25, -0.2) is 4.98 Å². The second kappa shape index (κ2) is 5.28. The van der Waals surface area contributed by atoms with Gasteiger partial charge in [-0.05, 0) is 12.1 Å². The summed E-state index contributed by atoms with van der Waals surface area (Å²) < 4.78 is 37.6. The number of hydrogen-bond donors (Lipinski definition) is 1. The minimum Gasteiger partial charge on any atom is -0.326 e. The molecule has 0 unspecified atom stereocenters. The predicted molar refractivity (Wildman–Crippen MR) is 66.8 cm³/mol. The standard InChI is InChI=1S/C13H10F3N3O/c1-8(20)18-10-4-2-9(3-5-10)11-6-17-7-12(19-11)13(14,15)16/h2-7H,1H3,(H,18,20). The van der Waals surface area contributed by atoms with Crippen LogP contribution >= 0.6 is 0 Å². The summed E-state index contributed by atoms with van der Waals surface area (Å²) in [5.74, 6) is -0.225. The fraction of sp³-hybridized carbons (Fsp3) is 0.154. The third-order valence-electron chi connectivity index (χ3n) is 2.43. The van der Waals surface area contributed by atoms with Gasteiger partial charge in [-0.3, -0.25) is 9.78 Å². The Kier molecular flexibility index (Phi) is 3.69. The topological polar surface area (TPSA) is 54.9 Å². The quantitative estimate of drug-likeness (QED) is 0.920. The second-order valence-electron chi connectivity index (χ2n) is 4.05. The van der Waals surface area contributed by atoms with Gasteiger partial charge < -0.3 is 5.32 Å². The van der Waals surface area contributed by atoms with E-state index in [0.717, 1.165) is 0 Å². The molecule has 0 radical (unpaired) electrons. The van der Waals surface area contributed by atoms with E-state index in [2.05, 4.69) is 15.3 Å². The number of anilines is 1. The first-order chi connectivity index (χ1) is 9.36. The number of benzene rings is 1. The molecule has 2 rings (SSSR count). The number of carbonyl (C=O) groups excluding carboxylic acids is 1. The smallest absolute Gasteiger partial charge is 0.326 e. The minimum atomic E-state index is -4.53. The van der Waals surface area contributed by atoms with Crippen LogP contribution in [0.4, 0.5) is 18.9 Å². The Hall–Kier alpha value is -2.44. The Bertz CT molecular complexity index is 624. The molecule has 0 saturated heterocycles. The molecule has 1 aromatic carbocycles. The van der Waals surface area contributed by atoms with Crippen molar-refractivity contribution < 1.29 is 18.0 Å². The lowest BCUT2D eigenvalue weighted by molar-refractivity contribution is -0.141. The summed E-state index contributed by atoms with van der Waals surface area (Å²) in [6.07, 6.45) is -2.60. The molecule has 0 aliphatic heterocycles. The Balaban J connectivity index is 2.30. The molecule has 0 aliphatic rings. The average Bonchev–Trinajstić information content (AvgIpc) is 2.38. The lowest BCUT2D eigenvalue weighted by Gasteiger charge is -2.08. The van der Waals surface area contributed by atoms with Gasteiger partial charge in [-0.15, -0.1) is 0 Å². The molecule has 0 saturated carbocycles. The van der Waals surface area contributed by atoms with Gasteiger partial charge in [0.15, 0.2) is 5.69 Å². The maximum absolute atomic E-state index is 12.5. The van der Waals surface area contributed by atoms with Gasteiger partial charge in [0.1, 0.15) is 0 Å². The fourth-order valence-electron chi connectivity index (χ4n) is 1.57. The molecule has 104 valence electrons. The summed E-state index contributed by atoms with van der Waals surface area (Å²) in [6, 6.07) is 6.29. The van der Waals surface area contributed by atoms with Gasteiger partial charge in [-0.1, -0.05) is 12.1 Å². The summed E-state index contributed by atoms with van der Waals surface area (Å²) in [5, 5.41) is 2.56. The molecule has 0 fully saturated rings. The van der Waals surface area contributed by atoms with Crippen LogP contribution in [0.2, 0.25) is 0 Å².